The maximum atomic E-state index is 13.5. The molecule has 1 aliphatic rings. The standard InChI is InChI=1S/C14H20BrFN2/c1-9(10-2-3-10)8-18-14(7-17)11-4-5-12(15)13(16)6-11/h4-6,9-10,14,18H,2-3,7-8,17H2,1H3. The van der Waals surface area contributed by atoms with Crippen LogP contribution in [0.3, 0.4) is 0 Å². The van der Waals surface area contributed by atoms with Gasteiger partial charge in [0.15, 0.2) is 0 Å². The van der Waals surface area contributed by atoms with Crippen LogP contribution in [0.4, 0.5) is 4.39 Å². The monoisotopic (exact) mass is 314 g/mol. The molecule has 0 spiro atoms. The molecular formula is C14H20BrFN2. The third-order valence-electron chi connectivity index (χ3n) is 3.69. The number of rotatable bonds is 6. The molecule has 2 atom stereocenters. The quantitative estimate of drug-likeness (QED) is 0.846. The number of hydrogen-bond acceptors (Lipinski definition) is 2. The molecule has 2 nitrogen and oxygen atoms in total. The molecule has 0 bridgehead atoms. The summed E-state index contributed by atoms with van der Waals surface area (Å²) in [6.07, 6.45) is 2.70. The summed E-state index contributed by atoms with van der Waals surface area (Å²) in [5, 5.41) is 3.45. The van der Waals surface area contributed by atoms with Crippen LogP contribution in [0.15, 0.2) is 22.7 Å². The Bertz CT molecular complexity index is 407. The van der Waals surface area contributed by atoms with E-state index in [0.717, 1.165) is 18.0 Å². The van der Waals surface area contributed by atoms with Crippen molar-refractivity contribution in [1.29, 1.82) is 0 Å². The van der Waals surface area contributed by atoms with Crippen LogP contribution in [0.1, 0.15) is 31.4 Å². The van der Waals surface area contributed by atoms with E-state index >= 15 is 0 Å². The van der Waals surface area contributed by atoms with E-state index in [1.165, 1.54) is 12.8 Å². The van der Waals surface area contributed by atoms with E-state index in [4.69, 9.17) is 5.73 Å². The summed E-state index contributed by atoms with van der Waals surface area (Å²) in [5.74, 6) is 1.32. The molecule has 0 aromatic heterocycles. The second kappa shape index (κ2) is 6.13. The van der Waals surface area contributed by atoms with E-state index in [9.17, 15) is 4.39 Å². The molecule has 0 saturated heterocycles. The Morgan fingerprint density at radius 1 is 1.50 bits per heavy atom. The summed E-state index contributed by atoms with van der Waals surface area (Å²) in [6, 6.07) is 5.24. The Labute approximate surface area is 116 Å². The third kappa shape index (κ3) is 3.53. The largest absolute Gasteiger partial charge is 0.329 e. The van der Waals surface area contributed by atoms with Crippen LogP contribution in [-0.4, -0.2) is 13.1 Å². The lowest BCUT2D eigenvalue weighted by molar-refractivity contribution is 0.422. The number of nitrogens with two attached hydrogens (primary N) is 1. The minimum Gasteiger partial charge on any atom is -0.329 e. The fourth-order valence-electron chi connectivity index (χ4n) is 2.23. The molecule has 1 aromatic carbocycles. The Morgan fingerprint density at radius 2 is 2.22 bits per heavy atom. The highest BCUT2D eigenvalue weighted by Crippen LogP contribution is 2.36. The first-order valence-electron chi connectivity index (χ1n) is 6.50. The van der Waals surface area contributed by atoms with Crippen molar-refractivity contribution in [2.45, 2.75) is 25.8 Å². The van der Waals surface area contributed by atoms with Crippen LogP contribution in [0, 0.1) is 17.7 Å². The SMILES string of the molecule is CC(CNC(CN)c1ccc(Br)c(F)c1)C1CC1. The molecule has 4 heteroatoms. The van der Waals surface area contributed by atoms with Gasteiger partial charge < -0.3 is 11.1 Å². The molecule has 0 heterocycles. The normalized spacial score (nSPS) is 18.7. The smallest absolute Gasteiger partial charge is 0.137 e. The van der Waals surface area contributed by atoms with Gasteiger partial charge in [0.1, 0.15) is 5.82 Å². The number of halogens is 2. The van der Waals surface area contributed by atoms with E-state index in [-0.39, 0.29) is 11.9 Å². The zero-order chi connectivity index (χ0) is 13.1. The molecule has 1 aliphatic carbocycles. The van der Waals surface area contributed by atoms with Gasteiger partial charge in [0.2, 0.25) is 0 Å². The molecule has 0 aliphatic heterocycles. The highest BCUT2D eigenvalue weighted by molar-refractivity contribution is 9.10. The Balaban J connectivity index is 1.96. The molecule has 1 fully saturated rings. The predicted octanol–water partition coefficient (Wildman–Crippen LogP) is 3.22. The lowest BCUT2D eigenvalue weighted by Crippen LogP contribution is -2.32. The summed E-state index contributed by atoms with van der Waals surface area (Å²) in [4.78, 5) is 0. The number of hydrogen-bond donors (Lipinski definition) is 2. The molecule has 1 aromatic rings. The van der Waals surface area contributed by atoms with E-state index in [2.05, 4.69) is 28.2 Å². The van der Waals surface area contributed by atoms with E-state index < -0.39 is 0 Å². The molecule has 2 unspecified atom stereocenters. The van der Waals surface area contributed by atoms with Crippen LogP contribution in [0.5, 0.6) is 0 Å². The van der Waals surface area contributed by atoms with Crippen molar-refractivity contribution in [2.75, 3.05) is 13.1 Å². The maximum absolute atomic E-state index is 13.5. The lowest BCUT2D eigenvalue weighted by Gasteiger charge is -2.20. The molecule has 1 saturated carbocycles. The predicted molar refractivity (Wildman–Crippen MR) is 75.8 cm³/mol. The second-order valence-corrected chi connectivity index (χ2v) is 6.04. The van der Waals surface area contributed by atoms with Crippen LogP contribution >= 0.6 is 15.9 Å². The number of benzene rings is 1. The average molecular weight is 315 g/mol. The van der Waals surface area contributed by atoms with Gasteiger partial charge in [-0.3, -0.25) is 0 Å². The van der Waals surface area contributed by atoms with Gasteiger partial charge in [-0.1, -0.05) is 13.0 Å². The van der Waals surface area contributed by atoms with E-state index in [0.29, 0.717) is 16.9 Å². The van der Waals surface area contributed by atoms with Crippen molar-refractivity contribution in [3.05, 3.63) is 34.1 Å². The molecule has 3 N–H and O–H groups in total. The van der Waals surface area contributed by atoms with Crippen LogP contribution < -0.4 is 11.1 Å². The highest BCUT2D eigenvalue weighted by atomic mass is 79.9. The maximum Gasteiger partial charge on any atom is 0.137 e. The van der Waals surface area contributed by atoms with Gasteiger partial charge in [-0.05, 0) is 64.8 Å². The molecule has 2 rings (SSSR count). The first-order chi connectivity index (χ1) is 8.61. The minimum atomic E-state index is -0.233. The summed E-state index contributed by atoms with van der Waals surface area (Å²) in [5.41, 5.74) is 6.69. The first kappa shape index (κ1) is 14.0. The van der Waals surface area contributed by atoms with Gasteiger partial charge in [0, 0.05) is 12.6 Å². The topological polar surface area (TPSA) is 38.0 Å². The third-order valence-corrected chi connectivity index (χ3v) is 4.34. The van der Waals surface area contributed by atoms with Crippen molar-refractivity contribution >= 4 is 15.9 Å². The van der Waals surface area contributed by atoms with E-state index in [1.807, 2.05) is 6.07 Å². The van der Waals surface area contributed by atoms with Crippen molar-refractivity contribution in [1.82, 2.24) is 5.32 Å². The first-order valence-corrected chi connectivity index (χ1v) is 7.29. The zero-order valence-electron chi connectivity index (χ0n) is 10.6. The zero-order valence-corrected chi connectivity index (χ0v) is 12.2. The van der Waals surface area contributed by atoms with Crippen molar-refractivity contribution in [3.63, 3.8) is 0 Å². The second-order valence-electron chi connectivity index (χ2n) is 5.18. The van der Waals surface area contributed by atoms with Crippen molar-refractivity contribution in [2.24, 2.45) is 17.6 Å². The van der Waals surface area contributed by atoms with Crippen LogP contribution in [-0.2, 0) is 0 Å². The number of nitrogens with one attached hydrogen (secondary N) is 1. The van der Waals surface area contributed by atoms with Crippen molar-refractivity contribution < 1.29 is 4.39 Å². The van der Waals surface area contributed by atoms with Crippen molar-refractivity contribution in [3.8, 4) is 0 Å². The molecule has 0 radical (unpaired) electrons. The molecule has 100 valence electrons. The van der Waals surface area contributed by atoms with Gasteiger partial charge in [0.25, 0.3) is 0 Å². The van der Waals surface area contributed by atoms with E-state index in [1.54, 1.807) is 12.1 Å². The van der Waals surface area contributed by atoms with Gasteiger partial charge in [0.05, 0.1) is 4.47 Å². The van der Waals surface area contributed by atoms with Gasteiger partial charge in [-0.15, -0.1) is 0 Å². The summed E-state index contributed by atoms with van der Waals surface area (Å²) in [7, 11) is 0. The Kier molecular flexibility index (Phi) is 4.76. The average Bonchev–Trinajstić information content (AvgIpc) is 3.18. The molecular weight excluding hydrogens is 295 g/mol. The summed E-state index contributed by atoms with van der Waals surface area (Å²) >= 11 is 3.16. The molecule has 18 heavy (non-hydrogen) atoms. The summed E-state index contributed by atoms with van der Waals surface area (Å²) < 4.78 is 14.0. The highest BCUT2D eigenvalue weighted by Gasteiger charge is 2.28. The molecule has 0 amide bonds. The fourth-order valence-corrected chi connectivity index (χ4v) is 2.47. The summed E-state index contributed by atoms with van der Waals surface area (Å²) in [6.45, 7) is 3.70. The van der Waals surface area contributed by atoms with Crippen LogP contribution in [0.2, 0.25) is 0 Å². The van der Waals surface area contributed by atoms with Gasteiger partial charge >= 0.3 is 0 Å². The Hall–Kier alpha value is -0.450. The Morgan fingerprint density at radius 3 is 2.78 bits per heavy atom. The van der Waals surface area contributed by atoms with Crippen LogP contribution in [0.25, 0.3) is 0 Å². The van der Waals surface area contributed by atoms with Gasteiger partial charge in [-0.2, -0.15) is 0 Å². The lowest BCUT2D eigenvalue weighted by atomic mass is 10.0. The van der Waals surface area contributed by atoms with Gasteiger partial charge in [-0.25, -0.2) is 4.39 Å². The minimum absolute atomic E-state index is 0.0359. The fraction of sp³-hybridized carbons (Fsp3) is 0.571.